The maximum atomic E-state index is 12.8. The van der Waals surface area contributed by atoms with Gasteiger partial charge in [-0.3, -0.25) is 14.5 Å². The summed E-state index contributed by atoms with van der Waals surface area (Å²) in [5.74, 6) is 0.204. The predicted octanol–water partition coefficient (Wildman–Crippen LogP) is 1.06. The number of likely N-dealkylation sites (tertiary alicyclic amines) is 1. The van der Waals surface area contributed by atoms with Crippen LogP contribution in [0.1, 0.15) is 26.7 Å². The van der Waals surface area contributed by atoms with Gasteiger partial charge in [0.2, 0.25) is 5.91 Å². The fourth-order valence-electron chi connectivity index (χ4n) is 3.56. The number of urea groups is 1. The molecule has 0 aliphatic carbocycles. The molecular weight excluding hydrogens is 334 g/mol. The third kappa shape index (κ3) is 3.85. The normalized spacial score (nSPS) is 19.9. The Bertz CT molecular complexity index is 683. The Labute approximate surface area is 152 Å². The Morgan fingerprint density at radius 1 is 1.31 bits per heavy atom. The van der Waals surface area contributed by atoms with Gasteiger partial charge in [0.15, 0.2) is 0 Å². The van der Waals surface area contributed by atoms with Crippen LogP contribution in [0.15, 0.2) is 24.4 Å². The number of hydrogen-bond acceptors (Lipinski definition) is 5. The molecule has 0 bridgehead atoms. The lowest BCUT2D eigenvalue weighted by molar-refractivity contribution is -0.135. The van der Waals surface area contributed by atoms with E-state index in [1.165, 1.54) is 0 Å². The van der Waals surface area contributed by atoms with Crippen molar-refractivity contribution in [2.24, 2.45) is 5.92 Å². The molecule has 1 spiro atoms. The molecule has 0 aromatic carbocycles. The molecule has 0 radical (unpaired) electrons. The highest BCUT2D eigenvalue weighted by molar-refractivity contribution is 6.10. The number of nitrogens with one attached hydrogen (secondary N) is 2. The molecule has 8 nitrogen and oxygen atoms in total. The quantitative estimate of drug-likeness (QED) is 0.767. The topological polar surface area (TPSA) is 94.6 Å². The highest BCUT2D eigenvalue weighted by atomic mass is 16.2. The number of carbonyl (C=O) groups excluding carboxylic acids is 3. The molecule has 0 saturated carbocycles. The van der Waals surface area contributed by atoms with Gasteiger partial charge in [0, 0.05) is 25.8 Å². The number of anilines is 1. The fraction of sp³-hybridized carbons (Fsp3) is 0.556. The third-order valence-electron chi connectivity index (χ3n) is 4.81. The molecule has 2 N–H and O–H groups in total. The van der Waals surface area contributed by atoms with Crippen LogP contribution in [-0.2, 0) is 9.59 Å². The number of piperidine rings is 1. The molecule has 0 atom stereocenters. The minimum absolute atomic E-state index is 0.303. The van der Waals surface area contributed by atoms with Gasteiger partial charge in [0.1, 0.15) is 17.9 Å². The smallest absolute Gasteiger partial charge is 0.323 e. The van der Waals surface area contributed by atoms with E-state index in [9.17, 15) is 14.4 Å². The van der Waals surface area contributed by atoms with E-state index >= 15 is 0 Å². The molecule has 3 heterocycles. The van der Waals surface area contributed by atoms with Crippen LogP contribution in [0.4, 0.5) is 10.6 Å². The lowest BCUT2D eigenvalue weighted by Gasteiger charge is -2.37. The summed E-state index contributed by atoms with van der Waals surface area (Å²) >= 11 is 0. The van der Waals surface area contributed by atoms with Crippen LogP contribution in [-0.4, -0.2) is 64.3 Å². The van der Waals surface area contributed by atoms with Crippen LogP contribution in [0.3, 0.4) is 0 Å². The number of amides is 4. The van der Waals surface area contributed by atoms with Gasteiger partial charge < -0.3 is 15.5 Å². The molecule has 1 aromatic heterocycles. The minimum atomic E-state index is -0.865. The SMILES string of the molecule is CC(C)CN1CCC2(CC1)NC(=O)N(CC(=O)Nc1ccccn1)C2=O. The van der Waals surface area contributed by atoms with E-state index < -0.39 is 17.5 Å². The second kappa shape index (κ2) is 7.41. The molecule has 140 valence electrons. The van der Waals surface area contributed by atoms with Crippen molar-refractivity contribution in [2.75, 3.05) is 31.5 Å². The van der Waals surface area contributed by atoms with E-state index in [0.29, 0.717) is 24.6 Å². The van der Waals surface area contributed by atoms with E-state index in [4.69, 9.17) is 0 Å². The fourth-order valence-corrected chi connectivity index (χ4v) is 3.56. The average Bonchev–Trinajstić information content (AvgIpc) is 2.82. The second-order valence-corrected chi connectivity index (χ2v) is 7.36. The van der Waals surface area contributed by atoms with Crippen molar-refractivity contribution >= 4 is 23.7 Å². The summed E-state index contributed by atoms with van der Waals surface area (Å²) in [6, 6.07) is 4.64. The predicted molar refractivity (Wildman–Crippen MR) is 96.4 cm³/mol. The maximum absolute atomic E-state index is 12.8. The first-order valence-corrected chi connectivity index (χ1v) is 8.97. The van der Waals surface area contributed by atoms with Crippen LogP contribution < -0.4 is 10.6 Å². The van der Waals surface area contributed by atoms with Gasteiger partial charge in [-0.1, -0.05) is 19.9 Å². The molecular formula is C18H25N5O3. The van der Waals surface area contributed by atoms with Crippen LogP contribution in [0.5, 0.6) is 0 Å². The summed E-state index contributed by atoms with van der Waals surface area (Å²) in [5.41, 5.74) is -0.865. The van der Waals surface area contributed by atoms with Crippen molar-refractivity contribution < 1.29 is 14.4 Å². The van der Waals surface area contributed by atoms with Crippen molar-refractivity contribution in [2.45, 2.75) is 32.2 Å². The largest absolute Gasteiger partial charge is 0.325 e. The highest BCUT2D eigenvalue weighted by Gasteiger charge is 2.52. The molecule has 2 aliphatic rings. The summed E-state index contributed by atoms with van der Waals surface area (Å²) in [4.78, 5) is 44.6. The van der Waals surface area contributed by atoms with Crippen LogP contribution in [0.25, 0.3) is 0 Å². The highest BCUT2D eigenvalue weighted by Crippen LogP contribution is 2.29. The maximum Gasteiger partial charge on any atom is 0.325 e. The van der Waals surface area contributed by atoms with E-state index in [0.717, 1.165) is 24.5 Å². The first-order chi connectivity index (χ1) is 12.4. The monoisotopic (exact) mass is 359 g/mol. The Hall–Kier alpha value is -2.48. The number of hydrogen-bond donors (Lipinski definition) is 2. The average molecular weight is 359 g/mol. The Morgan fingerprint density at radius 2 is 2.04 bits per heavy atom. The number of pyridine rings is 1. The summed E-state index contributed by atoms with van der Waals surface area (Å²) in [5, 5.41) is 5.43. The van der Waals surface area contributed by atoms with Crippen molar-refractivity contribution in [1.29, 1.82) is 0 Å². The molecule has 0 unspecified atom stereocenters. The summed E-state index contributed by atoms with van der Waals surface area (Å²) in [6.45, 7) is 6.52. The Morgan fingerprint density at radius 3 is 2.65 bits per heavy atom. The Kier molecular flexibility index (Phi) is 5.22. The van der Waals surface area contributed by atoms with Crippen LogP contribution in [0, 0.1) is 5.92 Å². The lowest BCUT2D eigenvalue weighted by atomic mass is 9.87. The molecule has 1 aromatic rings. The van der Waals surface area contributed by atoms with Crippen molar-refractivity contribution in [3.63, 3.8) is 0 Å². The summed E-state index contributed by atoms with van der Waals surface area (Å²) in [6.07, 6.45) is 2.70. The third-order valence-corrected chi connectivity index (χ3v) is 4.81. The van der Waals surface area contributed by atoms with Gasteiger partial charge >= 0.3 is 6.03 Å². The lowest BCUT2D eigenvalue weighted by Crippen LogP contribution is -2.55. The zero-order valence-electron chi connectivity index (χ0n) is 15.2. The molecule has 2 fully saturated rings. The first-order valence-electron chi connectivity index (χ1n) is 8.97. The molecule has 3 rings (SSSR count). The Balaban J connectivity index is 1.60. The van der Waals surface area contributed by atoms with Crippen LogP contribution >= 0.6 is 0 Å². The zero-order valence-corrected chi connectivity index (χ0v) is 15.2. The number of imide groups is 1. The van der Waals surface area contributed by atoms with Gasteiger partial charge in [0.25, 0.3) is 5.91 Å². The summed E-state index contributed by atoms with van der Waals surface area (Å²) in [7, 11) is 0. The number of nitrogens with zero attached hydrogens (tertiary/aromatic N) is 3. The number of carbonyl (C=O) groups is 3. The van der Waals surface area contributed by atoms with E-state index in [1.54, 1.807) is 24.4 Å². The molecule has 8 heteroatoms. The van der Waals surface area contributed by atoms with Gasteiger partial charge in [-0.25, -0.2) is 9.78 Å². The van der Waals surface area contributed by atoms with E-state index in [1.807, 2.05) is 0 Å². The standard InChI is InChI=1S/C18H25N5O3/c1-13(2)11-22-9-6-18(7-10-22)16(25)23(17(26)21-18)12-15(24)20-14-5-3-4-8-19-14/h3-5,8,13H,6-7,9-12H2,1-2H3,(H,21,26)(H,19,20,24). The van der Waals surface area contributed by atoms with Gasteiger partial charge in [-0.05, 0) is 30.9 Å². The van der Waals surface area contributed by atoms with Crippen molar-refractivity contribution in [3.05, 3.63) is 24.4 Å². The van der Waals surface area contributed by atoms with Crippen LogP contribution in [0.2, 0.25) is 0 Å². The van der Waals surface area contributed by atoms with Crippen molar-refractivity contribution in [1.82, 2.24) is 20.1 Å². The second-order valence-electron chi connectivity index (χ2n) is 7.36. The molecule has 26 heavy (non-hydrogen) atoms. The zero-order chi connectivity index (χ0) is 18.7. The minimum Gasteiger partial charge on any atom is -0.323 e. The summed E-state index contributed by atoms with van der Waals surface area (Å²) < 4.78 is 0. The van der Waals surface area contributed by atoms with Crippen molar-refractivity contribution in [3.8, 4) is 0 Å². The first kappa shape index (κ1) is 18.3. The number of aromatic nitrogens is 1. The van der Waals surface area contributed by atoms with E-state index in [-0.39, 0.29) is 12.5 Å². The molecule has 2 aliphatic heterocycles. The van der Waals surface area contributed by atoms with Gasteiger partial charge in [-0.15, -0.1) is 0 Å². The molecule has 4 amide bonds. The molecule has 2 saturated heterocycles. The number of rotatable bonds is 5. The van der Waals surface area contributed by atoms with Gasteiger partial charge in [-0.2, -0.15) is 0 Å². The van der Waals surface area contributed by atoms with Gasteiger partial charge in [0.05, 0.1) is 0 Å². The van der Waals surface area contributed by atoms with E-state index in [2.05, 4.69) is 34.4 Å².